The molecule has 0 aliphatic heterocycles. The number of imidazole rings is 1. The van der Waals surface area contributed by atoms with Crippen LogP contribution in [0.5, 0.6) is 0 Å². The normalized spacial score (nSPS) is 12.1. The molecule has 31 heavy (non-hydrogen) atoms. The van der Waals surface area contributed by atoms with Crippen molar-refractivity contribution in [1.29, 1.82) is 0 Å². The molecule has 2 N–H and O–H groups in total. The first-order valence-corrected chi connectivity index (χ1v) is 11.0. The van der Waals surface area contributed by atoms with Crippen LogP contribution in [-0.4, -0.2) is 27.4 Å². The van der Waals surface area contributed by atoms with Gasteiger partial charge in [-0.1, -0.05) is 44.2 Å². The van der Waals surface area contributed by atoms with Gasteiger partial charge in [-0.25, -0.2) is 4.98 Å². The maximum atomic E-state index is 12.7. The molecule has 1 atom stereocenters. The first-order chi connectivity index (χ1) is 15.0. The molecule has 4 aromatic rings. The minimum atomic E-state index is -0.591. The van der Waals surface area contributed by atoms with E-state index < -0.39 is 6.04 Å². The third kappa shape index (κ3) is 4.67. The standard InChI is InChI=1S/C24H24N4O2S/c1-16(2)22(27-23(29)21-8-5-13-31-21)24(30)25-14-17-9-11-18(12-10-17)28-15-26-19-6-3-4-7-20(19)28/h3-13,15-16,22H,14H2,1-2H3,(H,25,30)(H,27,29). The predicted molar refractivity (Wildman–Crippen MR) is 123 cm³/mol. The third-order valence-electron chi connectivity index (χ3n) is 5.12. The maximum Gasteiger partial charge on any atom is 0.262 e. The Morgan fingerprint density at radius 3 is 2.52 bits per heavy atom. The van der Waals surface area contributed by atoms with Crippen molar-refractivity contribution in [1.82, 2.24) is 20.2 Å². The van der Waals surface area contributed by atoms with Crippen LogP contribution in [0.3, 0.4) is 0 Å². The molecule has 2 amide bonds. The van der Waals surface area contributed by atoms with E-state index in [0.29, 0.717) is 11.4 Å². The number of para-hydroxylation sites is 2. The van der Waals surface area contributed by atoms with Gasteiger partial charge in [0.25, 0.3) is 5.91 Å². The maximum absolute atomic E-state index is 12.7. The summed E-state index contributed by atoms with van der Waals surface area (Å²) in [5, 5.41) is 7.64. The van der Waals surface area contributed by atoms with Crippen molar-refractivity contribution in [2.45, 2.75) is 26.4 Å². The SMILES string of the molecule is CC(C)C(NC(=O)c1cccs1)C(=O)NCc1ccc(-n2cnc3ccccc32)cc1. The molecule has 0 radical (unpaired) electrons. The Bertz CT molecular complexity index is 1180. The molecule has 6 nitrogen and oxygen atoms in total. The quantitative estimate of drug-likeness (QED) is 0.460. The van der Waals surface area contributed by atoms with Gasteiger partial charge in [0.2, 0.25) is 5.91 Å². The molecule has 2 heterocycles. The highest BCUT2D eigenvalue weighted by Crippen LogP contribution is 2.18. The van der Waals surface area contributed by atoms with Crippen molar-refractivity contribution in [3.63, 3.8) is 0 Å². The lowest BCUT2D eigenvalue weighted by Gasteiger charge is -2.21. The van der Waals surface area contributed by atoms with E-state index in [2.05, 4.69) is 15.6 Å². The molecule has 0 aliphatic rings. The zero-order chi connectivity index (χ0) is 21.8. The minimum Gasteiger partial charge on any atom is -0.350 e. The molecule has 7 heteroatoms. The first kappa shape index (κ1) is 20.8. The number of amides is 2. The highest BCUT2D eigenvalue weighted by atomic mass is 32.1. The average Bonchev–Trinajstić information content (AvgIpc) is 3.46. The molecule has 0 spiro atoms. The number of carbonyl (C=O) groups is 2. The summed E-state index contributed by atoms with van der Waals surface area (Å²) in [6.07, 6.45) is 1.81. The van der Waals surface area contributed by atoms with Crippen LogP contribution >= 0.6 is 11.3 Å². The summed E-state index contributed by atoms with van der Waals surface area (Å²) in [6.45, 7) is 4.23. The summed E-state index contributed by atoms with van der Waals surface area (Å²) >= 11 is 1.36. The number of rotatable bonds is 7. The molecule has 158 valence electrons. The Kier molecular flexibility index (Phi) is 6.13. The van der Waals surface area contributed by atoms with Gasteiger partial charge in [-0.05, 0) is 47.2 Å². The summed E-state index contributed by atoms with van der Waals surface area (Å²) in [5.74, 6) is -0.439. The van der Waals surface area contributed by atoms with E-state index in [1.807, 2.05) is 84.7 Å². The van der Waals surface area contributed by atoms with E-state index in [1.54, 1.807) is 6.07 Å². The van der Waals surface area contributed by atoms with Crippen LogP contribution in [0.15, 0.2) is 72.4 Å². The number of carbonyl (C=O) groups excluding carboxylic acids is 2. The van der Waals surface area contributed by atoms with Crippen LogP contribution in [0.25, 0.3) is 16.7 Å². The molecule has 0 saturated carbocycles. The number of nitrogens with zero attached hydrogens (tertiary/aromatic N) is 2. The second-order valence-electron chi connectivity index (χ2n) is 7.66. The van der Waals surface area contributed by atoms with Gasteiger partial charge in [0, 0.05) is 12.2 Å². The molecule has 0 saturated heterocycles. The van der Waals surface area contributed by atoms with Crippen LogP contribution in [-0.2, 0) is 11.3 Å². The van der Waals surface area contributed by atoms with Crippen LogP contribution in [0.1, 0.15) is 29.1 Å². The number of hydrogen-bond acceptors (Lipinski definition) is 4. The fourth-order valence-corrected chi connectivity index (χ4v) is 4.02. The Morgan fingerprint density at radius 2 is 1.81 bits per heavy atom. The van der Waals surface area contributed by atoms with Crippen molar-refractivity contribution >= 4 is 34.2 Å². The van der Waals surface area contributed by atoms with E-state index >= 15 is 0 Å². The van der Waals surface area contributed by atoms with Gasteiger partial charge in [-0.3, -0.25) is 14.2 Å². The fraction of sp³-hybridized carbons (Fsp3) is 0.208. The number of hydrogen-bond donors (Lipinski definition) is 2. The smallest absolute Gasteiger partial charge is 0.262 e. The summed E-state index contributed by atoms with van der Waals surface area (Å²) < 4.78 is 2.03. The van der Waals surface area contributed by atoms with E-state index in [-0.39, 0.29) is 17.7 Å². The fourth-order valence-electron chi connectivity index (χ4n) is 3.39. The van der Waals surface area contributed by atoms with Crippen molar-refractivity contribution in [3.05, 3.63) is 82.8 Å². The topological polar surface area (TPSA) is 76.0 Å². The van der Waals surface area contributed by atoms with Gasteiger partial charge in [-0.15, -0.1) is 11.3 Å². The summed E-state index contributed by atoms with van der Waals surface area (Å²) in [4.78, 5) is 30.1. The molecule has 4 rings (SSSR count). The highest BCUT2D eigenvalue weighted by molar-refractivity contribution is 7.12. The lowest BCUT2D eigenvalue weighted by molar-refractivity contribution is -0.124. The molecular formula is C24H24N4O2S. The monoisotopic (exact) mass is 432 g/mol. The first-order valence-electron chi connectivity index (χ1n) is 10.2. The zero-order valence-electron chi connectivity index (χ0n) is 17.4. The van der Waals surface area contributed by atoms with Crippen LogP contribution in [0, 0.1) is 5.92 Å². The van der Waals surface area contributed by atoms with E-state index in [1.165, 1.54) is 11.3 Å². The van der Waals surface area contributed by atoms with Crippen molar-refractivity contribution in [2.24, 2.45) is 5.92 Å². The Labute approximate surface area is 184 Å². The minimum absolute atomic E-state index is 0.0270. The molecule has 0 fully saturated rings. The lowest BCUT2D eigenvalue weighted by Crippen LogP contribution is -2.49. The highest BCUT2D eigenvalue weighted by Gasteiger charge is 2.24. The van der Waals surface area contributed by atoms with Crippen LogP contribution < -0.4 is 10.6 Å². The van der Waals surface area contributed by atoms with Crippen molar-refractivity contribution in [2.75, 3.05) is 0 Å². The van der Waals surface area contributed by atoms with Gasteiger partial charge in [0.15, 0.2) is 0 Å². The molecular weight excluding hydrogens is 408 g/mol. The van der Waals surface area contributed by atoms with Crippen LogP contribution in [0.4, 0.5) is 0 Å². The van der Waals surface area contributed by atoms with E-state index in [0.717, 1.165) is 22.3 Å². The number of aromatic nitrogens is 2. The largest absolute Gasteiger partial charge is 0.350 e. The van der Waals surface area contributed by atoms with Gasteiger partial charge in [0.05, 0.1) is 15.9 Å². The average molecular weight is 433 g/mol. The number of benzene rings is 2. The van der Waals surface area contributed by atoms with E-state index in [9.17, 15) is 9.59 Å². The molecule has 2 aromatic heterocycles. The molecule has 0 bridgehead atoms. The third-order valence-corrected chi connectivity index (χ3v) is 5.98. The van der Waals surface area contributed by atoms with Gasteiger partial charge in [-0.2, -0.15) is 0 Å². The van der Waals surface area contributed by atoms with Crippen molar-refractivity contribution < 1.29 is 9.59 Å². The van der Waals surface area contributed by atoms with Gasteiger partial charge < -0.3 is 10.6 Å². The predicted octanol–water partition coefficient (Wildman–Crippen LogP) is 4.16. The van der Waals surface area contributed by atoms with Crippen molar-refractivity contribution in [3.8, 4) is 5.69 Å². The second-order valence-corrected chi connectivity index (χ2v) is 8.61. The number of thiophene rings is 1. The molecule has 2 aromatic carbocycles. The van der Waals surface area contributed by atoms with Gasteiger partial charge >= 0.3 is 0 Å². The Morgan fingerprint density at radius 1 is 1.03 bits per heavy atom. The second kappa shape index (κ2) is 9.14. The van der Waals surface area contributed by atoms with Gasteiger partial charge in [0.1, 0.15) is 12.4 Å². The molecule has 0 aliphatic carbocycles. The molecule has 1 unspecified atom stereocenters. The number of nitrogens with one attached hydrogen (secondary N) is 2. The summed E-state index contributed by atoms with van der Waals surface area (Å²) in [7, 11) is 0. The summed E-state index contributed by atoms with van der Waals surface area (Å²) in [5.41, 5.74) is 3.98. The zero-order valence-corrected chi connectivity index (χ0v) is 18.2. The number of fused-ring (bicyclic) bond motifs is 1. The summed E-state index contributed by atoms with van der Waals surface area (Å²) in [6, 6.07) is 18.9. The van der Waals surface area contributed by atoms with E-state index in [4.69, 9.17) is 0 Å². The Hall–Kier alpha value is -3.45. The van der Waals surface area contributed by atoms with Crippen LogP contribution in [0.2, 0.25) is 0 Å². The lowest BCUT2D eigenvalue weighted by atomic mass is 10.0. The Balaban J connectivity index is 1.39.